The van der Waals surface area contributed by atoms with Gasteiger partial charge in [-0.25, -0.2) is 0 Å². The number of aliphatic carboxylic acids is 1. The van der Waals surface area contributed by atoms with Gasteiger partial charge in [0.15, 0.2) is 0 Å². The van der Waals surface area contributed by atoms with E-state index < -0.39 is 12.1 Å². The number of hydrogen-bond donors (Lipinski definition) is 2. The van der Waals surface area contributed by atoms with Gasteiger partial charge in [-0.2, -0.15) is 0 Å². The molecule has 0 saturated heterocycles. The highest BCUT2D eigenvalue weighted by atomic mass is 16.5. The molecule has 0 bridgehead atoms. The normalized spacial score (nSPS) is 12.1. The number of carboxylic acid groups (broad SMARTS) is 1. The molecule has 0 aliphatic rings. The van der Waals surface area contributed by atoms with Gasteiger partial charge >= 0.3 is 5.97 Å². The molecule has 5 nitrogen and oxygen atoms in total. The summed E-state index contributed by atoms with van der Waals surface area (Å²) in [5, 5.41) is 18.4. The van der Waals surface area contributed by atoms with Crippen LogP contribution in [0.25, 0.3) is 0 Å². The van der Waals surface area contributed by atoms with Gasteiger partial charge in [-0.15, -0.1) is 0 Å². The van der Waals surface area contributed by atoms with Crippen molar-refractivity contribution in [2.45, 2.75) is 25.6 Å². The van der Waals surface area contributed by atoms with Crippen molar-refractivity contribution in [1.82, 2.24) is 0 Å². The summed E-state index contributed by atoms with van der Waals surface area (Å²) in [5.74, 6) is 0.480. The van der Waals surface area contributed by atoms with E-state index in [4.69, 9.17) is 14.3 Å². The monoisotopic (exact) mass is 276 g/mol. The Morgan fingerprint density at radius 3 is 2.60 bits per heavy atom. The number of carboxylic acids is 1. The van der Waals surface area contributed by atoms with Crippen LogP contribution in [0.5, 0.6) is 5.75 Å². The molecule has 1 heterocycles. The van der Waals surface area contributed by atoms with Gasteiger partial charge in [0.1, 0.15) is 18.1 Å². The largest absolute Gasteiger partial charge is 0.486 e. The first-order chi connectivity index (χ1) is 9.65. The van der Waals surface area contributed by atoms with Crippen molar-refractivity contribution < 1.29 is 24.2 Å². The van der Waals surface area contributed by atoms with Crippen LogP contribution < -0.4 is 4.74 Å². The van der Waals surface area contributed by atoms with Crippen molar-refractivity contribution in [3.05, 3.63) is 54.0 Å². The minimum Gasteiger partial charge on any atom is -0.486 e. The number of rotatable bonds is 7. The zero-order valence-electron chi connectivity index (χ0n) is 10.9. The second kappa shape index (κ2) is 6.77. The van der Waals surface area contributed by atoms with E-state index in [2.05, 4.69) is 0 Å². The molecule has 0 amide bonds. The average molecular weight is 276 g/mol. The Labute approximate surface area is 116 Å². The van der Waals surface area contributed by atoms with E-state index in [-0.39, 0.29) is 12.8 Å². The number of benzene rings is 1. The lowest BCUT2D eigenvalue weighted by molar-refractivity contribution is -0.137. The van der Waals surface area contributed by atoms with E-state index in [9.17, 15) is 9.90 Å². The molecule has 2 N–H and O–H groups in total. The maximum absolute atomic E-state index is 10.4. The number of aliphatic hydroxyl groups excluding tert-OH is 1. The number of furan rings is 1. The van der Waals surface area contributed by atoms with Crippen molar-refractivity contribution >= 4 is 5.97 Å². The van der Waals surface area contributed by atoms with Gasteiger partial charge in [0.2, 0.25) is 0 Å². The molecule has 1 atom stereocenters. The third kappa shape index (κ3) is 4.13. The Kier molecular flexibility index (Phi) is 4.79. The van der Waals surface area contributed by atoms with E-state index in [0.717, 1.165) is 5.76 Å². The highest BCUT2D eigenvalue weighted by Gasteiger charge is 2.10. The lowest BCUT2D eigenvalue weighted by Gasteiger charge is -2.10. The second-order valence-corrected chi connectivity index (χ2v) is 4.39. The van der Waals surface area contributed by atoms with Crippen LogP contribution in [0.2, 0.25) is 0 Å². The van der Waals surface area contributed by atoms with Crippen molar-refractivity contribution in [3.8, 4) is 5.75 Å². The molecule has 1 unspecified atom stereocenters. The Balaban J connectivity index is 1.87. The molecule has 2 rings (SSSR count). The summed E-state index contributed by atoms with van der Waals surface area (Å²) in [4.78, 5) is 10.4. The Morgan fingerprint density at radius 1 is 1.25 bits per heavy atom. The summed E-state index contributed by atoms with van der Waals surface area (Å²) in [7, 11) is 0. The van der Waals surface area contributed by atoms with Gasteiger partial charge in [0.25, 0.3) is 0 Å². The molecule has 0 aliphatic heterocycles. The summed E-state index contributed by atoms with van der Waals surface area (Å²) >= 11 is 0. The molecular formula is C15H16O5. The van der Waals surface area contributed by atoms with Crippen molar-refractivity contribution in [2.24, 2.45) is 0 Å². The standard InChI is InChI=1S/C15H16O5/c16-14(7-8-15(17)18)11-3-5-12(6-4-11)20-10-13-2-1-9-19-13/h1-6,9,14,16H,7-8,10H2,(H,17,18). The first kappa shape index (κ1) is 14.1. The molecule has 0 spiro atoms. The Morgan fingerprint density at radius 2 is 2.00 bits per heavy atom. The highest BCUT2D eigenvalue weighted by molar-refractivity contribution is 5.66. The minimum absolute atomic E-state index is 0.0576. The molecule has 0 saturated carbocycles. The van der Waals surface area contributed by atoms with Gasteiger partial charge < -0.3 is 19.4 Å². The van der Waals surface area contributed by atoms with Crippen molar-refractivity contribution in [2.75, 3.05) is 0 Å². The lowest BCUT2D eigenvalue weighted by atomic mass is 10.1. The first-order valence-corrected chi connectivity index (χ1v) is 6.30. The van der Waals surface area contributed by atoms with E-state index in [1.165, 1.54) is 0 Å². The molecule has 0 radical (unpaired) electrons. The first-order valence-electron chi connectivity index (χ1n) is 6.30. The van der Waals surface area contributed by atoms with Crippen LogP contribution in [0.15, 0.2) is 47.1 Å². The fraction of sp³-hybridized carbons (Fsp3) is 0.267. The number of aliphatic hydroxyl groups is 1. The van der Waals surface area contributed by atoms with Gasteiger partial charge in [-0.05, 0) is 36.2 Å². The van der Waals surface area contributed by atoms with Crippen LogP contribution in [0.1, 0.15) is 30.3 Å². The van der Waals surface area contributed by atoms with E-state index in [1.54, 1.807) is 36.6 Å². The SMILES string of the molecule is O=C(O)CCC(O)c1ccc(OCc2ccco2)cc1. The molecule has 2 aromatic rings. The predicted molar refractivity (Wildman–Crippen MR) is 71.3 cm³/mol. The smallest absolute Gasteiger partial charge is 0.303 e. The summed E-state index contributed by atoms with van der Waals surface area (Å²) in [5.41, 5.74) is 0.677. The second-order valence-electron chi connectivity index (χ2n) is 4.39. The van der Waals surface area contributed by atoms with Crippen LogP contribution in [0.3, 0.4) is 0 Å². The molecular weight excluding hydrogens is 260 g/mol. The molecule has 0 aliphatic carbocycles. The predicted octanol–water partition coefficient (Wildman–Crippen LogP) is 2.76. The van der Waals surface area contributed by atoms with Crippen LogP contribution in [-0.2, 0) is 11.4 Å². The average Bonchev–Trinajstić information content (AvgIpc) is 2.96. The van der Waals surface area contributed by atoms with Crippen LogP contribution >= 0.6 is 0 Å². The minimum atomic E-state index is -0.914. The fourth-order valence-electron chi connectivity index (χ4n) is 1.76. The topological polar surface area (TPSA) is 79.9 Å². The van der Waals surface area contributed by atoms with Gasteiger partial charge in [0.05, 0.1) is 12.4 Å². The van der Waals surface area contributed by atoms with E-state index >= 15 is 0 Å². The van der Waals surface area contributed by atoms with Gasteiger partial charge in [-0.3, -0.25) is 4.79 Å². The highest BCUT2D eigenvalue weighted by Crippen LogP contribution is 2.21. The van der Waals surface area contributed by atoms with Crippen LogP contribution in [-0.4, -0.2) is 16.2 Å². The summed E-state index contributed by atoms with van der Waals surface area (Å²) in [6, 6.07) is 10.5. The Bertz CT molecular complexity index is 530. The van der Waals surface area contributed by atoms with Crippen LogP contribution in [0.4, 0.5) is 0 Å². The molecule has 106 valence electrons. The molecule has 1 aromatic carbocycles. The van der Waals surface area contributed by atoms with E-state index in [1.807, 2.05) is 6.07 Å². The summed E-state index contributed by atoms with van der Waals surface area (Å²) in [6.45, 7) is 0.341. The third-order valence-corrected chi connectivity index (χ3v) is 2.86. The van der Waals surface area contributed by atoms with Crippen molar-refractivity contribution in [3.63, 3.8) is 0 Å². The number of carbonyl (C=O) groups is 1. The summed E-state index contributed by atoms with van der Waals surface area (Å²) in [6.07, 6.45) is 0.950. The lowest BCUT2D eigenvalue weighted by Crippen LogP contribution is -2.02. The molecule has 0 fully saturated rings. The quantitative estimate of drug-likeness (QED) is 0.812. The zero-order chi connectivity index (χ0) is 14.4. The maximum atomic E-state index is 10.4. The van der Waals surface area contributed by atoms with Crippen LogP contribution in [0, 0.1) is 0 Å². The fourth-order valence-corrected chi connectivity index (χ4v) is 1.76. The van der Waals surface area contributed by atoms with Gasteiger partial charge in [-0.1, -0.05) is 12.1 Å². The number of ether oxygens (including phenoxy) is 1. The maximum Gasteiger partial charge on any atom is 0.303 e. The van der Waals surface area contributed by atoms with E-state index in [0.29, 0.717) is 17.9 Å². The zero-order valence-corrected chi connectivity index (χ0v) is 10.9. The van der Waals surface area contributed by atoms with Gasteiger partial charge in [0, 0.05) is 6.42 Å². The molecule has 1 aromatic heterocycles. The summed E-state index contributed by atoms with van der Waals surface area (Å²) < 4.78 is 10.7. The molecule has 5 heteroatoms. The third-order valence-electron chi connectivity index (χ3n) is 2.86. The molecule has 20 heavy (non-hydrogen) atoms. The Hall–Kier alpha value is -2.27. The number of hydrogen-bond acceptors (Lipinski definition) is 4. The van der Waals surface area contributed by atoms with Crippen molar-refractivity contribution in [1.29, 1.82) is 0 Å².